The van der Waals surface area contributed by atoms with Crippen molar-refractivity contribution in [1.29, 1.82) is 0 Å². The highest BCUT2D eigenvalue weighted by atomic mass is 16.5. The highest BCUT2D eigenvalue weighted by molar-refractivity contribution is 5.93. The SMILES string of the molecule is CCCCCCCCCc1ccc(OC(=O)C2=C=CC=C2)cc1. The van der Waals surface area contributed by atoms with E-state index in [9.17, 15) is 4.79 Å². The van der Waals surface area contributed by atoms with E-state index >= 15 is 0 Å². The van der Waals surface area contributed by atoms with Gasteiger partial charge in [0, 0.05) is 0 Å². The molecule has 0 saturated heterocycles. The van der Waals surface area contributed by atoms with Crippen LogP contribution in [0.25, 0.3) is 0 Å². The summed E-state index contributed by atoms with van der Waals surface area (Å²) >= 11 is 0. The standard InChI is InChI=1S/C21H26O2/c1-2-3-4-5-6-7-8-11-18-14-16-20(17-15-18)23-21(22)19-12-9-10-13-19/h9-10,12,14-17H,2-8,11H2,1H3. The Morgan fingerprint density at radius 1 is 1.00 bits per heavy atom. The van der Waals surface area contributed by atoms with E-state index in [1.807, 2.05) is 12.1 Å². The van der Waals surface area contributed by atoms with Crippen molar-refractivity contribution in [2.75, 3.05) is 0 Å². The fourth-order valence-corrected chi connectivity index (χ4v) is 2.63. The molecule has 0 heterocycles. The molecule has 0 aliphatic heterocycles. The first-order chi connectivity index (χ1) is 11.3. The van der Waals surface area contributed by atoms with Crippen molar-refractivity contribution in [2.45, 2.75) is 58.3 Å². The molecule has 0 spiro atoms. The molecule has 2 heteroatoms. The Balaban J connectivity index is 1.67. The normalized spacial score (nSPS) is 12.5. The molecule has 2 nitrogen and oxygen atoms in total. The summed E-state index contributed by atoms with van der Waals surface area (Å²) in [4.78, 5) is 11.8. The average molecular weight is 310 g/mol. The van der Waals surface area contributed by atoms with Crippen LogP contribution in [0.5, 0.6) is 5.75 Å². The summed E-state index contributed by atoms with van der Waals surface area (Å²) in [5.74, 6) is 0.239. The molecule has 122 valence electrons. The first kappa shape index (κ1) is 17.3. The Labute approximate surface area is 139 Å². The third-order valence-corrected chi connectivity index (χ3v) is 4.02. The Kier molecular flexibility index (Phi) is 7.42. The van der Waals surface area contributed by atoms with Gasteiger partial charge in [-0.3, -0.25) is 0 Å². The first-order valence-corrected chi connectivity index (χ1v) is 8.74. The van der Waals surface area contributed by atoms with Gasteiger partial charge in [-0.15, -0.1) is 5.73 Å². The Morgan fingerprint density at radius 2 is 1.70 bits per heavy atom. The quantitative estimate of drug-likeness (QED) is 0.245. The van der Waals surface area contributed by atoms with E-state index in [0.717, 1.165) is 6.42 Å². The van der Waals surface area contributed by atoms with Gasteiger partial charge in [0.05, 0.1) is 0 Å². The minimum absolute atomic E-state index is 0.352. The average Bonchev–Trinajstić information content (AvgIpc) is 3.10. The van der Waals surface area contributed by atoms with E-state index in [1.165, 1.54) is 50.5 Å². The number of unbranched alkanes of at least 4 members (excludes halogenated alkanes) is 6. The molecule has 0 radical (unpaired) electrons. The summed E-state index contributed by atoms with van der Waals surface area (Å²) in [5.41, 5.74) is 4.62. The molecule has 0 amide bonds. The van der Waals surface area contributed by atoms with E-state index in [-0.39, 0.29) is 5.97 Å². The number of carbonyl (C=O) groups excluding carboxylic acids is 1. The van der Waals surface area contributed by atoms with Gasteiger partial charge in [-0.25, -0.2) is 4.79 Å². The van der Waals surface area contributed by atoms with E-state index in [4.69, 9.17) is 4.74 Å². The topological polar surface area (TPSA) is 26.3 Å². The van der Waals surface area contributed by atoms with Crippen LogP contribution < -0.4 is 4.74 Å². The molecule has 0 bridgehead atoms. The molecular weight excluding hydrogens is 284 g/mol. The van der Waals surface area contributed by atoms with Crippen molar-refractivity contribution in [2.24, 2.45) is 0 Å². The predicted octanol–water partition coefficient (Wildman–Crippen LogP) is 5.54. The number of allylic oxidation sites excluding steroid dienone is 1. The number of hydrogen-bond donors (Lipinski definition) is 0. The van der Waals surface area contributed by atoms with Crippen molar-refractivity contribution in [3.8, 4) is 5.75 Å². The largest absolute Gasteiger partial charge is 0.422 e. The van der Waals surface area contributed by atoms with Gasteiger partial charge in [-0.2, -0.15) is 0 Å². The second-order valence-corrected chi connectivity index (χ2v) is 5.99. The summed E-state index contributed by atoms with van der Waals surface area (Å²) in [6.07, 6.45) is 15.6. The van der Waals surface area contributed by atoms with Gasteiger partial charge < -0.3 is 4.74 Å². The smallest absolute Gasteiger partial charge is 0.351 e. The summed E-state index contributed by atoms with van der Waals surface area (Å²) in [6, 6.07) is 7.84. The molecule has 0 unspecified atom stereocenters. The number of hydrogen-bond acceptors (Lipinski definition) is 2. The number of esters is 1. The molecule has 2 rings (SSSR count). The van der Waals surface area contributed by atoms with Crippen molar-refractivity contribution in [3.63, 3.8) is 0 Å². The molecule has 0 aromatic heterocycles. The zero-order valence-corrected chi connectivity index (χ0v) is 14.0. The van der Waals surface area contributed by atoms with Crippen LogP contribution in [0.3, 0.4) is 0 Å². The maximum Gasteiger partial charge on any atom is 0.351 e. The predicted molar refractivity (Wildman–Crippen MR) is 94.5 cm³/mol. The van der Waals surface area contributed by atoms with Gasteiger partial charge in [0.25, 0.3) is 0 Å². The van der Waals surface area contributed by atoms with E-state index in [1.54, 1.807) is 18.2 Å². The Bertz CT molecular complexity index is 587. The minimum atomic E-state index is -0.352. The number of carbonyl (C=O) groups is 1. The van der Waals surface area contributed by atoms with E-state index in [2.05, 4.69) is 24.8 Å². The van der Waals surface area contributed by atoms with E-state index < -0.39 is 0 Å². The molecule has 0 saturated carbocycles. The second-order valence-electron chi connectivity index (χ2n) is 5.99. The number of benzene rings is 1. The number of rotatable bonds is 10. The first-order valence-electron chi connectivity index (χ1n) is 8.74. The summed E-state index contributed by atoms with van der Waals surface area (Å²) in [5, 5.41) is 0. The van der Waals surface area contributed by atoms with Gasteiger partial charge >= 0.3 is 5.97 Å². The molecule has 23 heavy (non-hydrogen) atoms. The molecule has 1 aliphatic rings. The summed E-state index contributed by atoms with van der Waals surface area (Å²) in [7, 11) is 0. The maximum absolute atomic E-state index is 11.8. The third kappa shape index (κ3) is 6.30. The van der Waals surface area contributed by atoms with Crippen molar-refractivity contribution in [1.82, 2.24) is 0 Å². The summed E-state index contributed by atoms with van der Waals surface area (Å²) < 4.78 is 5.32. The Morgan fingerprint density at radius 3 is 2.35 bits per heavy atom. The zero-order valence-electron chi connectivity index (χ0n) is 14.0. The highest BCUT2D eigenvalue weighted by Crippen LogP contribution is 2.17. The van der Waals surface area contributed by atoms with Crippen LogP contribution in [0.4, 0.5) is 0 Å². The fourth-order valence-electron chi connectivity index (χ4n) is 2.63. The van der Waals surface area contributed by atoms with Crippen molar-refractivity contribution in [3.05, 3.63) is 59.4 Å². The molecule has 1 aliphatic carbocycles. The van der Waals surface area contributed by atoms with Gasteiger partial charge in [0.1, 0.15) is 11.3 Å². The van der Waals surface area contributed by atoms with Crippen LogP contribution in [0.1, 0.15) is 57.4 Å². The molecule has 0 atom stereocenters. The molecular formula is C21H26O2. The van der Waals surface area contributed by atoms with Crippen LogP contribution in [0, 0.1) is 0 Å². The van der Waals surface area contributed by atoms with Crippen LogP contribution in [-0.4, -0.2) is 5.97 Å². The lowest BCUT2D eigenvalue weighted by molar-refractivity contribution is -0.129. The lowest BCUT2D eigenvalue weighted by Crippen LogP contribution is -2.08. The minimum Gasteiger partial charge on any atom is -0.422 e. The molecule has 0 fully saturated rings. The van der Waals surface area contributed by atoms with Crippen molar-refractivity contribution >= 4 is 5.97 Å². The number of aryl methyl sites for hydroxylation is 1. The zero-order chi connectivity index (χ0) is 16.3. The highest BCUT2D eigenvalue weighted by Gasteiger charge is 2.10. The monoisotopic (exact) mass is 310 g/mol. The van der Waals surface area contributed by atoms with Gasteiger partial charge in [0.2, 0.25) is 0 Å². The fraction of sp³-hybridized carbons (Fsp3) is 0.429. The third-order valence-electron chi connectivity index (χ3n) is 4.02. The Hall–Kier alpha value is -2.05. The van der Waals surface area contributed by atoms with Gasteiger partial charge in [-0.1, -0.05) is 63.7 Å². The molecule has 1 aromatic carbocycles. The van der Waals surface area contributed by atoms with Crippen LogP contribution in [-0.2, 0) is 11.2 Å². The number of ether oxygens (including phenoxy) is 1. The van der Waals surface area contributed by atoms with Crippen LogP contribution >= 0.6 is 0 Å². The van der Waals surface area contributed by atoms with Crippen molar-refractivity contribution < 1.29 is 9.53 Å². The van der Waals surface area contributed by atoms with Crippen LogP contribution in [0.2, 0.25) is 0 Å². The maximum atomic E-state index is 11.8. The summed E-state index contributed by atoms with van der Waals surface area (Å²) in [6.45, 7) is 2.25. The van der Waals surface area contributed by atoms with E-state index in [0.29, 0.717) is 11.3 Å². The molecule has 1 aromatic rings. The lowest BCUT2D eigenvalue weighted by atomic mass is 10.0. The van der Waals surface area contributed by atoms with Gasteiger partial charge in [0.15, 0.2) is 0 Å². The lowest BCUT2D eigenvalue weighted by Gasteiger charge is -2.05. The molecule has 0 N–H and O–H groups in total. The second kappa shape index (κ2) is 9.86. The van der Waals surface area contributed by atoms with Crippen LogP contribution in [0.15, 0.2) is 53.8 Å². The van der Waals surface area contributed by atoms with Gasteiger partial charge in [-0.05, 0) is 42.7 Å².